The minimum atomic E-state index is 0.536. The first kappa shape index (κ1) is 14.8. The molecule has 112 valence electrons. The first-order valence-corrected chi connectivity index (χ1v) is 7.48. The quantitative estimate of drug-likeness (QED) is 0.742. The molecule has 0 saturated heterocycles. The van der Waals surface area contributed by atoms with Crippen molar-refractivity contribution in [2.45, 2.75) is 13.8 Å². The van der Waals surface area contributed by atoms with Crippen LogP contribution in [0.2, 0.25) is 0 Å². The topological polar surface area (TPSA) is 48.7 Å². The van der Waals surface area contributed by atoms with E-state index in [2.05, 4.69) is 16.4 Å². The first-order valence-electron chi connectivity index (χ1n) is 7.48. The van der Waals surface area contributed by atoms with E-state index in [-0.39, 0.29) is 0 Å². The van der Waals surface area contributed by atoms with Crippen LogP contribution in [0.3, 0.4) is 0 Å². The zero-order valence-corrected chi connectivity index (χ0v) is 13.2. The van der Waals surface area contributed by atoms with Gasteiger partial charge in [0.25, 0.3) is 0 Å². The molecule has 3 aromatic rings. The summed E-state index contributed by atoms with van der Waals surface area (Å²) in [5.74, 6) is 0.588. The standard InChI is InChI=1S/C20H17N3/c1-14-7-6-8-15(2)19(14)23-20-17(12-21)11-18(13-22-20)16-9-4-3-5-10-16/h3-11,13H,1-2H3,(H,22,23). The van der Waals surface area contributed by atoms with Gasteiger partial charge in [0.15, 0.2) is 0 Å². The fraction of sp³-hybridized carbons (Fsp3) is 0.100. The van der Waals surface area contributed by atoms with Gasteiger partial charge in [0.2, 0.25) is 0 Å². The minimum absolute atomic E-state index is 0.536. The molecule has 3 rings (SSSR count). The number of pyridine rings is 1. The predicted octanol–water partition coefficient (Wildman–Crippen LogP) is 4.98. The van der Waals surface area contributed by atoms with Crippen molar-refractivity contribution < 1.29 is 0 Å². The molecule has 0 aliphatic carbocycles. The number of nitriles is 1. The molecule has 2 aromatic carbocycles. The molecular formula is C20H17N3. The van der Waals surface area contributed by atoms with Gasteiger partial charge in [0.1, 0.15) is 11.9 Å². The summed E-state index contributed by atoms with van der Waals surface area (Å²) in [5, 5.41) is 12.8. The number of nitrogens with one attached hydrogen (secondary N) is 1. The van der Waals surface area contributed by atoms with Crippen molar-refractivity contribution in [1.82, 2.24) is 4.98 Å². The number of para-hydroxylation sites is 1. The lowest BCUT2D eigenvalue weighted by Crippen LogP contribution is -2.01. The van der Waals surface area contributed by atoms with Crippen molar-refractivity contribution in [2.75, 3.05) is 5.32 Å². The maximum Gasteiger partial charge on any atom is 0.148 e. The molecule has 0 amide bonds. The van der Waals surface area contributed by atoms with E-state index >= 15 is 0 Å². The number of hydrogen-bond donors (Lipinski definition) is 1. The van der Waals surface area contributed by atoms with Gasteiger partial charge in [-0.2, -0.15) is 5.26 Å². The van der Waals surface area contributed by atoms with E-state index in [1.807, 2.05) is 68.4 Å². The molecule has 0 radical (unpaired) electrons. The average molecular weight is 299 g/mol. The molecule has 0 unspecified atom stereocenters. The fourth-order valence-corrected chi connectivity index (χ4v) is 2.57. The van der Waals surface area contributed by atoms with Gasteiger partial charge in [-0.05, 0) is 36.6 Å². The Kier molecular flexibility index (Phi) is 4.07. The van der Waals surface area contributed by atoms with Crippen LogP contribution < -0.4 is 5.32 Å². The van der Waals surface area contributed by atoms with Crippen LogP contribution in [0, 0.1) is 25.2 Å². The molecule has 0 spiro atoms. The molecule has 0 aliphatic heterocycles. The highest BCUT2D eigenvalue weighted by Crippen LogP contribution is 2.27. The summed E-state index contributed by atoms with van der Waals surface area (Å²) >= 11 is 0. The van der Waals surface area contributed by atoms with E-state index in [1.165, 1.54) is 0 Å². The molecule has 3 nitrogen and oxygen atoms in total. The van der Waals surface area contributed by atoms with E-state index in [0.717, 1.165) is 27.9 Å². The Hall–Kier alpha value is -3.12. The lowest BCUT2D eigenvalue weighted by Gasteiger charge is -2.13. The van der Waals surface area contributed by atoms with Crippen LogP contribution in [0.5, 0.6) is 0 Å². The summed E-state index contributed by atoms with van der Waals surface area (Å²) in [4.78, 5) is 4.47. The zero-order chi connectivity index (χ0) is 16.2. The second-order valence-electron chi connectivity index (χ2n) is 5.49. The van der Waals surface area contributed by atoms with E-state index in [1.54, 1.807) is 6.20 Å². The van der Waals surface area contributed by atoms with Crippen molar-refractivity contribution in [3.8, 4) is 17.2 Å². The smallest absolute Gasteiger partial charge is 0.148 e. The molecular weight excluding hydrogens is 282 g/mol. The second-order valence-corrected chi connectivity index (χ2v) is 5.49. The molecule has 23 heavy (non-hydrogen) atoms. The number of anilines is 2. The third kappa shape index (κ3) is 3.07. The third-order valence-electron chi connectivity index (χ3n) is 3.84. The van der Waals surface area contributed by atoms with Crippen LogP contribution >= 0.6 is 0 Å². The fourth-order valence-electron chi connectivity index (χ4n) is 2.57. The summed E-state index contributed by atoms with van der Waals surface area (Å²) in [5.41, 5.74) is 5.79. The van der Waals surface area contributed by atoms with Crippen LogP contribution in [0.1, 0.15) is 16.7 Å². The summed E-state index contributed by atoms with van der Waals surface area (Å²) < 4.78 is 0. The lowest BCUT2D eigenvalue weighted by molar-refractivity contribution is 1.26. The molecule has 0 bridgehead atoms. The van der Waals surface area contributed by atoms with Gasteiger partial charge < -0.3 is 5.32 Å². The Morgan fingerprint density at radius 1 is 0.913 bits per heavy atom. The van der Waals surface area contributed by atoms with E-state index in [0.29, 0.717) is 11.4 Å². The minimum Gasteiger partial charge on any atom is -0.339 e. The summed E-state index contributed by atoms with van der Waals surface area (Å²) in [7, 11) is 0. The molecule has 0 aliphatic rings. The van der Waals surface area contributed by atoms with Gasteiger partial charge in [-0.15, -0.1) is 0 Å². The summed E-state index contributed by atoms with van der Waals surface area (Å²) in [6, 6.07) is 20.2. The Balaban J connectivity index is 2.00. The Bertz CT molecular complexity index is 857. The van der Waals surface area contributed by atoms with Crippen molar-refractivity contribution in [1.29, 1.82) is 5.26 Å². The molecule has 1 N–H and O–H groups in total. The molecule has 3 heteroatoms. The van der Waals surface area contributed by atoms with Crippen molar-refractivity contribution in [3.05, 3.63) is 77.5 Å². The highest BCUT2D eigenvalue weighted by molar-refractivity contribution is 5.72. The molecule has 0 fully saturated rings. The number of rotatable bonds is 3. The Morgan fingerprint density at radius 2 is 1.61 bits per heavy atom. The van der Waals surface area contributed by atoms with Gasteiger partial charge in [-0.1, -0.05) is 48.5 Å². The van der Waals surface area contributed by atoms with Crippen LogP contribution in [0.4, 0.5) is 11.5 Å². The van der Waals surface area contributed by atoms with Gasteiger partial charge in [0, 0.05) is 17.4 Å². The number of aryl methyl sites for hydroxylation is 2. The van der Waals surface area contributed by atoms with Crippen molar-refractivity contribution in [3.63, 3.8) is 0 Å². The first-order chi connectivity index (χ1) is 11.2. The Labute approximate surface area is 136 Å². The molecule has 1 heterocycles. The number of aromatic nitrogens is 1. The Morgan fingerprint density at radius 3 is 2.26 bits per heavy atom. The summed E-state index contributed by atoms with van der Waals surface area (Å²) in [6.45, 7) is 4.08. The van der Waals surface area contributed by atoms with Gasteiger partial charge >= 0.3 is 0 Å². The van der Waals surface area contributed by atoms with Crippen LogP contribution in [0.25, 0.3) is 11.1 Å². The zero-order valence-electron chi connectivity index (χ0n) is 13.2. The molecule has 0 atom stereocenters. The van der Waals surface area contributed by atoms with Crippen molar-refractivity contribution >= 4 is 11.5 Å². The van der Waals surface area contributed by atoms with Gasteiger partial charge in [-0.3, -0.25) is 0 Å². The SMILES string of the molecule is Cc1cccc(C)c1Nc1ncc(-c2ccccc2)cc1C#N. The van der Waals surface area contributed by atoms with Crippen molar-refractivity contribution in [2.24, 2.45) is 0 Å². The maximum absolute atomic E-state index is 9.48. The number of hydrogen-bond acceptors (Lipinski definition) is 3. The van der Waals surface area contributed by atoms with Gasteiger partial charge in [0.05, 0.1) is 5.56 Å². The maximum atomic E-state index is 9.48. The normalized spacial score (nSPS) is 10.1. The summed E-state index contributed by atoms with van der Waals surface area (Å²) in [6.07, 6.45) is 1.80. The highest BCUT2D eigenvalue weighted by Gasteiger charge is 2.09. The number of benzene rings is 2. The lowest BCUT2D eigenvalue weighted by atomic mass is 10.1. The van der Waals surface area contributed by atoms with E-state index in [4.69, 9.17) is 0 Å². The van der Waals surface area contributed by atoms with Crippen LogP contribution in [0.15, 0.2) is 60.8 Å². The number of nitrogens with zero attached hydrogens (tertiary/aromatic N) is 2. The third-order valence-corrected chi connectivity index (χ3v) is 3.84. The average Bonchev–Trinajstić information content (AvgIpc) is 2.59. The highest BCUT2D eigenvalue weighted by atomic mass is 15.0. The van der Waals surface area contributed by atoms with E-state index in [9.17, 15) is 5.26 Å². The largest absolute Gasteiger partial charge is 0.339 e. The van der Waals surface area contributed by atoms with E-state index < -0.39 is 0 Å². The van der Waals surface area contributed by atoms with Crippen LogP contribution in [-0.2, 0) is 0 Å². The van der Waals surface area contributed by atoms with Crippen LogP contribution in [-0.4, -0.2) is 4.98 Å². The predicted molar refractivity (Wildman–Crippen MR) is 93.6 cm³/mol. The monoisotopic (exact) mass is 299 g/mol. The second kappa shape index (κ2) is 6.33. The molecule has 0 saturated carbocycles. The molecule has 1 aromatic heterocycles. The van der Waals surface area contributed by atoms with Gasteiger partial charge in [-0.25, -0.2) is 4.98 Å².